The summed E-state index contributed by atoms with van der Waals surface area (Å²) in [6.07, 6.45) is 3.23. The number of ether oxygens (including phenoxy) is 1. The van der Waals surface area contributed by atoms with Gasteiger partial charge in [0.2, 0.25) is 5.95 Å². The Labute approximate surface area is 90.2 Å². The second-order valence-electron chi connectivity index (χ2n) is 3.75. The van der Waals surface area contributed by atoms with Gasteiger partial charge in [-0.15, -0.1) is 0 Å². The first-order valence-corrected chi connectivity index (χ1v) is 5.10. The monoisotopic (exact) mass is 221 g/mol. The normalized spacial score (nSPS) is 20.6. The molecule has 16 heavy (non-hydrogen) atoms. The molecule has 0 spiro atoms. The number of aromatic amines is 1. The standard InChI is InChI=1S/C9H11N5O2/c10-9-12-7-5(8(15)13-9)4-11-14(7)6-2-1-3-16-6/h4,6H,1-3H2,(H3,10,12,13,15). The Morgan fingerprint density at radius 3 is 3.25 bits per heavy atom. The van der Waals surface area contributed by atoms with E-state index in [1.54, 1.807) is 4.68 Å². The summed E-state index contributed by atoms with van der Waals surface area (Å²) in [6, 6.07) is 0. The van der Waals surface area contributed by atoms with Crippen molar-refractivity contribution in [3.05, 3.63) is 16.6 Å². The predicted octanol–water partition coefficient (Wildman–Crippen LogP) is 0.0108. The van der Waals surface area contributed by atoms with Crippen molar-refractivity contribution < 1.29 is 4.74 Å². The molecule has 0 aromatic carbocycles. The first-order valence-electron chi connectivity index (χ1n) is 5.10. The fraction of sp³-hybridized carbons (Fsp3) is 0.444. The number of rotatable bonds is 1. The number of nitrogens with one attached hydrogen (secondary N) is 1. The van der Waals surface area contributed by atoms with Crippen LogP contribution in [0.25, 0.3) is 11.0 Å². The van der Waals surface area contributed by atoms with Crippen LogP contribution >= 0.6 is 0 Å². The summed E-state index contributed by atoms with van der Waals surface area (Å²) in [6.45, 7) is 0.713. The Hall–Kier alpha value is -1.89. The van der Waals surface area contributed by atoms with Crippen LogP contribution in [0.5, 0.6) is 0 Å². The summed E-state index contributed by atoms with van der Waals surface area (Å²) < 4.78 is 7.11. The molecule has 7 heteroatoms. The van der Waals surface area contributed by atoms with Gasteiger partial charge in [0.15, 0.2) is 11.9 Å². The highest BCUT2D eigenvalue weighted by atomic mass is 16.5. The van der Waals surface area contributed by atoms with Gasteiger partial charge in [-0.3, -0.25) is 9.78 Å². The van der Waals surface area contributed by atoms with Gasteiger partial charge < -0.3 is 10.5 Å². The van der Waals surface area contributed by atoms with Gasteiger partial charge in [0.1, 0.15) is 5.39 Å². The van der Waals surface area contributed by atoms with Gasteiger partial charge in [-0.1, -0.05) is 0 Å². The lowest BCUT2D eigenvalue weighted by molar-refractivity contribution is 0.0499. The molecule has 0 bridgehead atoms. The van der Waals surface area contributed by atoms with Crippen molar-refractivity contribution in [2.45, 2.75) is 19.1 Å². The fourth-order valence-electron chi connectivity index (χ4n) is 1.92. The van der Waals surface area contributed by atoms with E-state index in [1.807, 2.05) is 0 Å². The van der Waals surface area contributed by atoms with Gasteiger partial charge in [-0.05, 0) is 12.8 Å². The molecule has 3 rings (SSSR count). The molecule has 0 saturated carbocycles. The van der Waals surface area contributed by atoms with Crippen LogP contribution in [-0.2, 0) is 4.74 Å². The van der Waals surface area contributed by atoms with E-state index in [0.717, 1.165) is 12.8 Å². The summed E-state index contributed by atoms with van der Waals surface area (Å²) in [4.78, 5) is 18.1. The van der Waals surface area contributed by atoms with Crippen LogP contribution < -0.4 is 11.3 Å². The summed E-state index contributed by atoms with van der Waals surface area (Å²) >= 11 is 0. The molecule has 84 valence electrons. The highest BCUT2D eigenvalue weighted by molar-refractivity contribution is 5.74. The van der Waals surface area contributed by atoms with E-state index in [4.69, 9.17) is 10.5 Å². The zero-order chi connectivity index (χ0) is 11.1. The maximum atomic E-state index is 11.6. The SMILES string of the molecule is Nc1nc2c(cnn2C2CCCO2)c(=O)[nH]1. The molecule has 0 radical (unpaired) electrons. The summed E-state index contributed by atoms with van der Waals surface area (Å²) in [7, 11) is 0. The maximum Gasteiger partial charge on any atom is 0.263 e. The molecule has 3 heterocycles. The molecule has 7 nitrogen and oxygen atoms in total. The Morgan fingerprint density at radius 1 is 1.62 bits per heavy atom. The number of nitrogen functional groups attached to an aromatic ring is 1. The molecule has 1 aliphatic rings. The van der Waals surface area contributed by atoms with Gasteiger partial charge in [-0.25, -0.2) is 4.68 Å². The summed E-state index contributed by atoms with van der Waals surface area (Å²) in [5, 5.41) is 4.57. The van der Waals surface area contributed by atoms with Crippen LogP contribution in [-0.4, -0.2) is 26.4 Å². The lowest BCUT2D eigenvalue weighted by Crippen LogP contribution is -2.14. The van der Waals surface area contributed by atoms with Crippen molar-refractivity contribution in [1.29, 1.82) is 0 Å². The molecule has 2 aromatic heterocycles. The average molecular weight is 221 g/mol. The highest BCUT2D eigenvalue weighted by Crippen LogP contribution is 2.24. The van der Waals surface area contributed by atoms with Crippen molar-refractivity contribution in [2.24, 2.45) is 0 Å². The Bertz CT molecular complexity index is 581. The van der Waals surface area contributed by atoms with Gasteiger partial charge in [0.25, 0.3) is 5.56 Å². The summed E-state index contributed by atoms with van der Waals surface area (Å²) in [5.74, 6) is 0.0947. The van der Waals surface area contributed by atoms with Crippen LogP contribution in [0.1, 0.15) is 19.1 Å². The number of nitrogens with zero attached hydrogens (tertiary/aromatic N) is 3. The molecule has 1 fully saturated rings. The molecule has 0 amide bonds. The number of H-pyrrole nitrogens is 1. The molecule has 1 unspecified atom stereocenters. The first kappa shape index (κ1) is 9.34. The number of hydrogen-bond acceptors (Lipinski definition) is 5. The molecule has 1 atom stereocenters. The minimum Gasteiger partial charge on any atom is -0.369 e. The lowest BCUT2D eigenvalue weighted by atomic mass is 10.3. The summed E-state index contributed by atoms with van der Waals surface area (Å²) in [5.41, 5.74) is 5.71. The second kappa shape index (κ2) is 3.31. The Morgan fingerprint density at radius 2 is 2.50 bits per heavy atom. The van der Waals surface area contributed by atoms with Crippen molar-refractivity contribution >= 4 is 17.0 Å². The van der Waals surface area contributed by atoms with Gasteiger partial charge in [0.05, 0.1) is 6.20 Å². The van der Waals surface area contributed by atoms with Crippen LogP contribution in [0.15, 0.2) is 11.0 Å². The third-order valence-electron chi connectivity index (χ3n) is 2.66. The first-order chi connectivity index (χ1) is 7.75. The van der Waals surface area contributed by atoms with Crippen molar-refractivity contribution in [3.8, 4) is 0 Å². The number of aromatic nitrogens is 4. The van der Waals surface area contributed by atoms with Crippen molar-refractivity contribution in [1.82, 2.24) is 19.7 Å². The number of anilines is 1. The van der Waals surface area contributed by atoms with E-state index in [-0.39, 0.29) is 17.7 Å². The molecular weight excluding hydrogens is 210 g/mol. The third kappa shape index (κ3) is 1.28. The van der Waals surface area contributed by atoms with Crippen molar-refractivity contribution in [2.75, 3.05) is 12.3 Å². The van der Waals surface area contributed by atoms with E-state index in [9.17, 15) is 4.79 Å². The van der Waals surface area contributed by atoms with E-state index in [0.29, 0.717) is 17.6 Å². The molecule has 1 saturated heterocycles. The molecule has 0 aliphatic carbocycles. The Balaban J connectivity index is 2.22. The Kier molecular flexibility index (Phi) is 1.93. The lowest BCUT2D eigenvalue weighted by Gasteiger charge is -2.10. The fourth-order valence-corrected chi connectivity index (χ4v) is 1.92. The number of hydrogen-bond donors (Lipinski definition) is 2. The predicted molar refractivity (Wildman–Crippen MR) is 56.8 cm³/mol. The number of nitrogens with two attached hydrogens (primary N) is 1. The molecule has 1 aliphatic heterocycles. The zero-order valence-electron chi connectivity index (χ0n) is 8.51. The minimum atomic E-state index is -0.272. The van der Waals surface area contributed by atoms with Gasteiger partial charge in [0, 0.05) is 6.61 Å². The molecule has 3 N–H and O–H groups in total. The smallest absolute Gasteiger partial charge is 0.263 e. The second-order valence-corrected chi connectivity index (χ2v) is 3.75. The molecular formula is C9H11N5O2. The van der Waals surface area contributed by atoms with Crippen molar-refractivity contribution in [3.63, 3.8) is 0 Å². The van der Waals surface area contributed by atoms with E-state index >= 15 is 0 Å². The van der Waals surface area contributed by atoms with E-state index < -0.39 is 0 Å². The zero-order valence-corrected chi connectivity index (χ0v) is 8.51. The maximum absolute atomic E-state index is 11.6. The van der Waals surface area contributed by atoms with Crippen LogP contribution in [0.3, 0.4) is 0 Å². The third-order valence-corrected chi connectivity index (χ3v) is 2.66. The average Bonchev–Trinajstić information content (AvgIpc) is 2.83. The highest BCUT2D eigenvalue weighted by Gasteiger charge is 2.21. The number of fused-ring (bicyclic) bond motifs is 1. The van der Waals surface area contributed by atoms with Crippen LogP contribution in [0.4, 0.5) is 5.95 Å². The topological polar surface area (TPSA) is 98.8 Å². The van der Waals surface area contributed by atoms with Gasteiger partial charge in [-0.2, -0.15) is 10.1 Å². The van der Waals surface area contributed by atoms with E-state index in [2.05, 4.69) is 15.1 Å². The minimum absolute atomic E-state index is 0.0947. The van der Waals surface area contributed by atoms with E-state index in [1.165, 1.54) is 6.20 Å². The molecule has 2 aromatic rings. The quantitative estimate of drug-likeness (QED) is 0.706. The van der Waals surface area contributed by atoms with Crippen LogP contribution in [0, 0.1) is 0 Å². The van der Waals surface area contributed by atoms with Crippen LogP contribution in [0.2, 0.25) is 0 Å². The van der Waals surface area contributed by atoms with Gasteiger partial charge >= 0.3 is 0 Å². The largest absolute Gasteiger partial charge is 0.369 e.